The topological polar surface area (TPSA) is 29.1 Å². The molecule has 1 aliphatic carbocycles. The summed E-state index contributed by atoms with van der Waals surface area (Å²) in [5.74, 6) is -0.837. The second kappa shape index (κ2) is 4.63. The van der Waals surface area contributed by atoms with Crippen LogP contribution in [0.1, 0.15) is 30.5 Å². The number of hydrogen-bond donors (Lipinski definition) is 1. The van der Waals surface area contributed by atoms with Crippen molar-refractivity contribution in [1.82, 2.24) is 5.32 Å². The minimum atomic E-state index is -4.45. The monoisotopic (exact) mass is 257 g/mol. The van der Waals surface area contributed by atoms with E-state index in [4.69, 9.17) is 0 Å². The Bertz CT molecular complexity index is 456. The van der Waals surface area contributed by atoms with Gasteiger partial charge in [0.05, 0.1) is 6.04 Å². The number of carbonyl (C=O) groups excluding carboxylic acids is 1. The summed E-state index contributed by atoms with van der Waals surface area (Å²) in [6.45, 7) is 1.93. The SMILES string of the molecule is CC1Cc2ccccc2C1NC(=O)CC(F)(F)F. The molecule has 1 aliphatic rings. The van der Waals surface area contributed by atoms with Crippen LogP contribution in [0.4, 0.5) is 13.2 Å². The Hall–Kier alpha value is -1.52. The van der Waals surface area contributed by atoms with Crippen molar-refractivity contribution in [1.29, 1.82) is 0 Å². The molecule has 0 saturated carbocycles. The number of benzene rings is 1. The van der Waals surface area contributed by atoms with E-state index in [1.165, 1.54) is 0 Å². The zero-order chi connectivity index (χ0) is 13.3. The Kier molecular flexibility index (Phi) is 3.32. The fourth-order valence-electron chi connectivity index (χ4n) is 2.42. The summed E-state index contributed by atoms with van der Waals surface area (Å²) in [6, 6.07) is 7.22. The van der Waals surface area contributed by atoms with Crippen molar-refractivity contribution in [2.45, 2.75) is 32.0 Å². The van der Waals surface area contributed by atoms with E-state index in [0.717, 1.165) is 17.5 Å². The van der Waals surface area contributed by atoms with Crippen molar-refractivity contribution in [2.75, 3.05) is 0 Å². The van der Waals surface area contributed by atoms with Gasteiger partial charge in [-0.2, -0.15) is 13.2 Å². The van der Waals surface area contributed by atoms with Gasteiger partial charge in [-0.15, -0.1) is 0 Å². The van der Waals surface area contributed by atoms with E-state index >= 15 is 0 Å². The molecule has 1 aromatic rings. The fraction of sp³-hybridized carbons (Fsp3) is 0.462. The van der Waals surface area contributed by atoms with Gasteiger partial charge in [-0.25, -0.2) is 0 Å². The molecule has 2 nitrogen and oxygen atoms in total. The highest BCUT2D eigenvalue weighted by atomic mass is 19.4. The summed E-state index contributed by atoms with van der Waals surface area (Å²) in [5.41, 5.74) is 2.03. The molecule has 1 amide bonds. The minimum Gasteiger partial charge on any atom is -0.349 e. The van der Waals surface area contributed by atoms with Gasteiger partial charge < -0.3 is 5.32 Å². The molecular weight excluding hydrogens is 243 g/mol. The predicted molar refractivity (Wildman–Crippen MR) is 60.9 cm³/mol. The average Bonchev–Trinajstić information content (AvgIpc) is 2.53. The molecule has 2 unspecified atom stereocenters. The van der Waals surface area contributed by atoms with Gasteiger partial charge in [-0.05, 0) is 23.5 Å². The molecule has 0 saturated heterocycles. The highest BCUT2D eigenvalue weighted by Gasteiger charge is 2.35. The minimum absolute atomic E-state index is 0.125. The van der Waals surface area contributed by atoms with Crippen molar-refractivity contribution >= 4 is 5.91 Å². The highest BCUT2D eigenvalue weighted by Crippen LogP contribution is 2.35. The average molecular weight is 257 g/mol. The van der Waals surface area contributed by atoms with Crippen molar-refractivity contribution in [3.8, 4) is 0 Å². The number of rotatable bonds is 2. The van der Waals surface area contributed by atoms with Crippen LogP contribution in [0.3, 0.4) is 0 Å². The van der Waals surface area contributed by atoms with Crippen LogP contribution in [0, 0.1) is 5.92 Å². The second-order valence-corrected chi connectivity index (χ2v) is 4.72. The first-order valence-electron chi connectivity index (χ1n) is 5.81. The maximum atomic E-state index is 12.1. The summed E-state index contributed by atoms with van der Waals surface area (Å²) in [5, 5.41) is 2.48. The molecule has 1 aromatic carbocycles. The van der Waals surface area contributed by atoms with Gasteiger partial charge in [0.15, 0.2) is 0 Å². The first kappa shape index (κ1) is 12.9. The molecule has 0 aliphatic heterocycles. The lowest BCUT2D eigenvalue weighted by Gasteiger charge is -2.19. The van der Waals surface area contributed by atoms with Gasteiger partial charge in [-0.3, -0.25) is 4.79 Å². The third-order valence-electron chi connectivity index (χ3n) is 3.18. The Morgan fingerprint density at radius 3 is 2.72 bits per heavy atom. The van der Waals surface area contributed by atoms with E-state index in [2.05, 4.69) is 5.32 Å². The summed E-state index contributed by atoms with van der Waals surface area (Å²) in [7, 11) is 0. The van der Waals surface area contributed by atoms with Crippen molar-refractivity contribution < 1.29 is 18.0 Å². The Labute approximate surface area is 103 Å². The molecule has 5 heteroatoms. The zero-order valence-electron chi connectivity index (χ0n) is 9.92. The Morgan fingerprint density at radius 1 is 1.39 bits per heavy atom. The van der Waals surface area contributed by atoms with Gasteiger partial charge in [0.2, 0.25) is 5.91 Å². The quantitative estimate of drug-likeness (QED) is 0.867. The molecule has 18 heavy (non-hydrogen) atoms. The van der Waals surface area contributed by atoms with Crippen LogP contribution < -0.4 is 5.32 Å². The number of fused-ring (bicyclic) bond motifs is 1. The van der Waals surface area contributed by atoms with Crippen molar-refractivity contribution in [2.24, 2.45) is 5.92 Å². The van der Waals surface area contributed by atoms with Gasteiger partial charge in [-0.1, -0.05) is 31.2 Å². The van der Waals surface area contributed by atoms with Gasteiger partial charge in [0, 0.05) is 0 Å². The van der Waals surface area contributed by atoms with E-state index in [0.29, 0.717) is 0 Å². The van der Waals surface area contributed by atoms with Crippen LogP contribution in [0.15, 0.2) is 24.3 Å². The first-order valence-corrected chi connectivity index (χ1v) is 5.81. The number of alkyl halides is 3. The molecule has 0 bridgehead atoms. The summed E-state index contributed by atoms with van der Waals surface area (Å²) in [4.78, 5) is 11.3. The standard InChI is InChI=1S/C13H14F3NO/c1-8-6-9-4-2-3-5-10(9)12(8)17-11(18)7-13(14,15)16/h2-5,8,12H,6-7H2,1H3,(H,17,18). The normalized spacial score (nSPS) is 22.7. The maximum Gasteiger partial charge on any atom is 0.397 e. The molecule has 1 N–H and O–H groups in total. The zero-order valence-corrected chi connectivity index (χ0v) is 9.92. The third kappa shape index (κ3) is 2.83. The van der Waals surface area contributed by atoms with E-state index in [9.17, 15) is 18.0 Å². The Balaban J connectivity index is 2.08. The molecule has 0 spiro atoms. The second-order valence-electron chi connectivity index (χ2n) is 4.72. The van der Waals surface area contributed by atoms with Gasteiger partial charge in [0.25, 0.3) is 0 Å². The lowest BCUT2D eigenvalue weighted by atomic mass is 10.0. The van der Waals surface area contributed by atoms with Crippen LogP contribution >= 0.6 is 0 Å². The van der Waals surface area contributed by atoms with E-state index in [-0.39, 0.29) is 12.0 Å². The van der Waals surface area contributed by atoms with Crippen LogP contribution in [0.2, 0.25) is 0 Å². The number of amides is 1. The van der Waals surface area contributed by atoms with Crippen LogP contribution in [-0.2, 0) is 11.2 Å². The van der Waals surface area contributed by atoms with Gasteiger partial charge >= 0.3 is 6.18 Å². The van der Waals surface area contributed by atoms with Crippen LogP contribution in [-0.4, -0.2) is 12.1 Å². The molecular formula is C13H14F3NO. The number of nitrogens with one attached hydrogen (secondary N) is 1. The van der Waals surface area contributed by atoms with E-state index < -0.39 is 18.5 Å². The lowest BCUT2D eigenvalue weighted by Crippen LogP contribution is -2.33. The maximum absolute atomic E-state index is 12.1. The molecule has 0 radical (unpaired) electrons. The van der Waals surface area contributed by atoms with Crippen molar-refractivity contribution in [3.63, 3.8) is 0 Å². The third-order valence-corrected chi connectivity index (χ3v) is 3.18. The summed E-state index contributed by atoms with van der Waals surface area (Å²) >= 11 is 0. The largest absolute Gasteiger partial charge is 0.397 e. The molecule has 2 rings (SSSR count). The van der Waals surface area contributed by atoms with Crippen molar-refractivity contribution in [3.05, 3.63) is 35.4 Å². The molecule has 0 fully saturated rings. The number of carbonyl (C=O) groups is 1. The van der Waals surface area contributed by atoms with Gasteiger partial charge in [0.1, 0.15) is 6.42 Å². The van der Waals surface area contributed by atoms with E-state index in [1.54, 1.807) is 0 Å². The van der Waals surface area contributed by atoms with Crippen LogP contribution in [0.5, 0.6) is 0 Å². The number of hydrogen-bond acceptors (Lipinski definition) is 1. The molecule has 0 heterocycles. The van der Waals surface area contributed by atoms with E-state index in [1.807, 2.05) is 31.2 Å². The number of halogens is 3. The lowest BCUT2D eigenvalue weighted by molar-refractivity contribution is -0.154. The van der Waals surface area contributed by atoms with Crippen LogP contribution in [0.25, 0.3) is 0 Å². The predicted octanol–water partition coefficient (Wildman–Crippen LogP) is 2.99. The Morgan fingerprint density at radius 2 is 2.06 bits per heavy atom. The highest BCUT2D eigenvalue weighted by molar-refractivity contribution is 5.77. The summed E-state index contributed by atoms with van der Waals surface area (Å²) < 4.78 is 36.3. The summed E-state index contributed by atoms with van der Waals surface area (Å²) in [6.07, 6.45) is -5.09. The molecule has 98 valence electrons. The fourth-order valence-corrected chi connectivity index (χ4v) is 2.42. The molecule has 0 aromatic heterocycles. The first-order chi connectivity index (χ1) is 8.37. The smallest absolute Gasteiger partial charge is 0.349 e. The molecule has 2 atom stereocenters.